The van der Waals surface area contributed by atoms with E-state index in [0.29, 0.717) is 6.54 Å². The number of ether oxygens (including phenoxy) is 1. The van der Waals surface area contributed by atoms with Crippen molar-refractivity contribution in [3.8, 4) is 5.75 Å². The third-order valence-corrected chi connectivity index (χ3v) is 5.39. The van der Waals surface area contributed by atoms with Crippen molar-refractivity contribution >= 4 is 22.4 Å². The molecule has 1 heterocycles. The number of sulfonamides is 1. The molecule has 132 valence electrons. The summed E-state index contributed by atoms with van der Waals surface area (Å²) in [6.07, 6.45) is -4.95. The molecule has 1 aromatic rings. The van der Waals surface area contributed by atoms with Crippen LogP contribution in [-0.2, 0) is 10.0 Å². The lowest BCUT2D eigenvalue weighted by atomic mass is 10.2. The average Bonchev–Trinajstić information content (AvgIpc) is 2.40. The van der Waals surface area contributed by atoms with E-state index in [2.05, 4.69) is 10.1 Å². The molecular weight excluding hydrogens is 357 g/mol. The maximum atomic E-state index is 12.7. The van der Waals surface area contributed by atoms with Gasteiger partial charge in [0.25, 0.3) is 0 Å². The van der Waals surface area contributed by atoms with Crippen LogP contribution >= 0.6 is 12.4 Å². The van der Waals surface area contributed by atoms with E-state index in [-0.39, 0.29) is 31.0 Å². The minimum Gasteiger partial charge on any atom is -0.404 e. The summed E-state index contributed by atoms with van der Waals surface area (Å²) in [6, 6.07) is 4.34. The number of halogens is 4. The van der Waals surface area contributed by atoms with Crippen molar-refractivity contribution in [2.24, 2.45) is 0 Å². The van der Waals surface area contributed by atoms with Crippen molar-refractivity contribution in [3.05, 3.63) is 24.3 Å². The van der Waals surface area contributed by atoms with Crippen LogP contribution in [-0.4, -0.2) is 44.3 Å². The molecule has 23 heavy (non-hydrogen) atoms. The molecule has 0 saturated carbocycles. The van der Waals surface area contributed by atoms with E-state index in [1.807, 2.05) is 6.92 Å². The van der Waals surface area contributed by atoms with Crippen molar-refractivity contribution in [1.29, 1.82) is 0 Å². The van der Waals surface area contributed by atoms with Gasteiger partial charge in [-0.25, -0.2) is 8.42 Å². The third kappa shape index (κ3) is 4.72. The minimum absolute atomic E-state index is 0. The summed E-state index contributed by atoms with van der Waals surface area (Å²) in [7, 11) is -4.08. The molecule has 5 nitrogen and oxygen atoms in total. The molecule has 1 fully saturated rings. The molecule has 0 bridgehead atoms. The molecule has 1 aliphatic rings. The van der Waals surface area contributed by atoms with Crippen LogP contribution in [0.3, 0.4) is 0 Å². The van der Waals surface area contributed by atoms with E-state index in [1.54, 1.807) is 6.92 Å². The fourth-order valence-corrected chi connectivity index (χ4v) is 4.16. The molecule has 0 spiro atoms. The van der Waals surface area contributed by atoms with Crippen LogP contribution in [0.2, 0.25) is 0 Å². The van der Waals surface area contributed by atoms with E-state index in [9.17, 15) is 21.6 Å². The maximum Gasteiger partial charge on any atom is 0.573 e. The first-order chi connectivity index (χ1) is 10.1. The quantitative estimate of drug-likeness (QED) is 0.882. The fourth-order valence-electron chi connectivity index (χ4n) is 2.32. The van der Waals surface area contributed by atoms with Gasteiger partial charge in [-0.3, -0.25) is 0 Å². The molecule has 1 N–H and O–H groups in total. The number of benzene rings is 1. The van der Waals surface area contributed by atoms with Crippen LogP contribution in [0.4, 0.5) is 13.2 Å². The Morgan fingerprint density at radius 2 is 1.87 bits per heavy atom. The minimum atomic E-state index is -4.95. The molecule has 0 aliphatic carbocycles. The van der Waals surface area contributed by atoms with Gasteiger partial charge in [0.05, 0.1) is 0 Å². The molecular formula is C13H18ClF3N2O3S. The Hall–Kier alpha value is -1.03. The Bertz CT molecular complexity index is 640. The predicted molar refractivity (Wildman–Crippen MR) is 81.2 cm³/mol. The summed E-state index contributed by atoms with van der Waals surface area (Å²) in [4.78, 5) is -0.478. The number of hydrogen-bond acceptors (Lipinski definition) is 4. The Labute approximate surface area is 139 Å². The first-order valence-corrected chi connectivity index (χ1v) is 8.15. The first-order valence-electron chi connectivity index (χ1n) is 6.71. The fraction of sp³-hybridized carbons (Fsp3) is 0.538. The van der Waals surface area contributed by atoms with E-state index < -0.39 is 27.0 Å². The van der Waals surface area contributed by atoms with Crippen molar-refractivity contribution in [2.75, 3.05) is 13.1 Å². The number of nitrogens with one attached hydrogen (secondary N) is 1. The van der Waals surface area contributed by atoms with Gasteiger partial charge >= 0.3 is 6.36 Å². The van der Waals surface area contributed by atoms with E-state index in [1.165, 1.54) is 16.4 Å². The van der Waals surface area contributed by atoms with Gasteiger partial charge in [0.1, 0.15) is 10.6 Å². The maximum absolute atomic E-state index is 12.7. The Morgan fingerprint density at radius 1 is 1.26 bits per heavy atom. The second-order valence-corrected chi connectivity index (χ2v) is 7.09. The zero-order chi connectivity index (χ0) is 16.5. The van der Waals surface area contributed by atoms with Crippen LogP contribution in [0, 0.1) is 0 Å². The molecule has 1 aliphatic heterocycles. The van der Waals surface area contributed by atoms with Crippen LogP contribution in [0.5, 0.6) is 5.75 Å². The standard InChI is InChI=1S/C13H17F3N2O3S.ClH/c1-9-8-18(10(2)7-17-9)22(19,20)12-6-4-3-5-11(12)21-13(14,15)16;/h3-6,9-10,17H,7-8H2,1-2H3;1H. The number of piperazine rings is 1. The van der Waals surface area contributed by atoms with E-state index >= 15 is 0 Å². The Balaban J connectivity index is 0.00000264. The van der Waals surface area contributed by atoms with Crippen LogP contribution in [0.1, 0.15) is 13.8 Å². The third-order valence-electron chi connectivity index (χ3n) is 3.37. The SMILES string of the molecule is CC1CN(S(=O)(=O)c2ccccc2OC(F)(F)F)C(C)CN1.Cl. The molecule has 1 aromatic carbocycles. The lowest BCUT2D eigenvalue weighted by Crippen LogP contribution is -2.56. The highest BCUT2D eigenvalue weighted by Gasteiger charge is 2.38. The highest BCUT2D eigenvalue weighted by Crippen LogP contribution is 2.32. The van der Waals surface area contributed by atoms with Crippen molar-refractivity contribution in [2.45, 2.75) is 37.2 Å². The molecule has 0 amide bonds. The summed E-state index contributed by atoms with van der Waals surface area (Å²) in [6.45, 7) is 4.13. The van der Waals surface area contributed by atoms with Gasteiger partial charge in [-0.2, -0.15) is 4.31 Å². The number of nitrogens with zero attached hydrogens (tertiary/aromatic N) is 1. The van der Waals surface area contributed by atoms with Crippen LogP contribution in [0.25, 0.3) is 0 Å². The van der Waals surface area contributed by atoms with Gasteiger partial charge in [0, 0.05) is 25.2 Å². The highest BCUT2D eigenvalue weighted by molar-refractivity contribution is 7.89. The topological polar surface area (TPSA) is 58.6 Å². The second kappa shape index (κ2) is 7.25. The molecule has 0 radical (unpaired) electrons. The van der Waals surface area contributed by atoms with Gasteiger partial charge in [-0.05, 0) is 26.0 Å². The number of rotatable bonds is 3. The first kappa shape index (κ1) is 20.0. The van der Waals surface area contributed by atoms with E-state index in [0.717, 1.165) is 12.1 Å². The van der Waals surface area contributed by atoms with E-state index in [4.69, 9.17) is 0 Å². The molecule has 2 atom stereocenters. The van der Waals surface area contributed by atoms with Crippen molar-refractivity contribution < 1.29 is 26.3 Å². The zero-order valence-electron chi connectivity index (χ0n) is 12.5. The molecule has 1 saturated heterocycles. The van der Waals surface area contributed by atoms with Gasteiger partial charge in [0.15, 0.2) is 0 Å². The summed E-state index contributed by atoms with van der Waals surface area (Å²) in [5, 5.41) is 3.12. The summed E-state index contributed by atoms with van der Waals surface area (Å²) in [5.41, 5.74) is 0. The zero-order valence-corrected chi connectivity index (χ0v) is 14.1. The number of para-hydroxylation sites is 1. The summed E-state index contributed by atoms with van der Waals surface area (Å²) in [5.74, 6) is -0.714. The Morgan fingerprint density at radius 3 is 2.48 bits per heavy atom. The van der Waals surface area contributed by atoms with Gasteiger partial charge < -0.3 is 10.1 Å². The smallest absolute Gasteiger partial charge is 0.404 e. The predicted octanol–water partition coefficient (Wildman–Crippen LogP) is 2.38. The monoisotopic (exact) mass is 374 g/mol. The van der Waals surface area contributed by atoms with Crippen molar-refractivity contribution in [1.82, 2.24) is 9.62 Å². The van der Waals surface area contributed by atoms with Gasteiger partial charge in [0.2, 0.25) is 10.0 Å². The lowest BCUT2D eigenvalue weighted by Gasteiger charge is -2.36. The van der Waals surface area contributed by atoms with Gasteiger partial charge in [-0.1, -0.05) is 12.1 Å². The largest absolute Gasteiger partial charge is 0.573 e. The van der Waals surface area contributed by atoms with Crippen LogP contribution in [0.15, 0.2) is 29.2 Å². The summed E-state index contributed by atoms with van der Waals surface area (Å²) < 4.78 is 67.8. The molecule has 2 rings (SSSR count). The lowest BCUT2D eigenvalue weighted by molar-refractivity contribution is -0.275. The summed E-state index contributed by atoms with van der Waals surface area (Å²) >= 11 is 0. The van der Waals surface area contributed by atoms with Crippen LogP contribution < -0.4 is 10.1 Å². The molecule has 2 unspecified atom stereocenters. The normalized spacial score (nSPS) is 23.2. The number of alkyl halides is 3. The second-order valence-electron chi connectivity index (χ2n) is 5.23. The Kier molecular flexibility index (Phi) is 6.31. The molecule has 0 aromatic heterocycles. The average molecular weight is 375 g/mol. The highest BCUT2D eigenvalue weighted by atomic mass is 35.5. The van der Waals surface area contributed by atoms with Crippen molar-refractivity contribution in [3.63, 3.8) is 0 Å². The number of hydrogen-bond donors (Lipinski definition) is 1. The molecule has 10 heteroatoms. The van der Waals surface area contributed by atoms with Gasteiger partial charge in [-0.15, -0.1) is 25.6 Å².